The number of hydrogen-bond donors (Lipinski definition) is 2. The fourth-order valence-electron chi connectivity index (χ4n) is 2.66. The summed E-state index contributed by atoms with van der Waals surface area (Å²) in [6.45, 7) is 5.06. The molecule has 1 amide bonds. The van der Waals surface area contributed by atoms with Crippen molar-refractivity contribution in [2.45, 2.75) is 62.5 Å². The standard InChI is InChI=1S/C17H26N2O3S/c1-16(2,3)23(21,22)12-13-7-6-8-14(11-13)19-15(20)17(18)9-4-5-10-17/h6-8,11H,4-5,9-10,12,18H2,1-3H3,(H,19,20). The van der Waals surface area contributed by atoms with Crippen LogP contribution in [0, 0.1) is 0 Å². The molecule has 0 saturated heterocycles. The van der Waals surface area contributed by atoms with Crippen LogP contribution in [-0.2, 0) is 20.4 Å². The summed E-state index contributed by atoms with van der Waals surface area (Å²) < 4.78 is 23.8. The van der Waals surface area contributed by atoms with Crippen LogP contribution in [0.1, 0.15) is 52.0 Å². The third kappa shape index (κ3) is 4.12. The summed E-state index contributed by atoms with van der Waals surface area (Å²) >= 11 is 0. The number of hydrogen-bond acceptors (Lipinski definition) is 4. The topological polar surface area (TPSA) is 89.3 Å². The zero-order valence-electron chi connectivity index (χ0n) is 14.1. The van der Waals surface area contributed by atoms with Crippen molar-refractivity contribution in [3.05, 3.63) is 29.8 Å². The molecule has 6 heteroatoms. The van der Waals surface area contributed by atoms with Crippen molar-refractivity contribution in [1.29, 1.82) is 0 Å². The Labute approximate surface area is 138 Å². The molecule has 128 valence electrons. The van der Waals surface area contributed by atoms with Gasteiger partial charge in [0, 0.05) is 5.69 Å². The van der Waals surface area contributed by atoms with Crippen LogP contribution >= 0.6 is 0 Å². The van der Waals surface area contributed by atoms with Crippen LogP contribution in [0.15, 0.2) is 24.3 Å². The lowest BCUT2D eigenvalue weighted by Crippen LogP contribution is -2.48. The van der Waals surface area contributed by atoms with E-state index in [1.807, 2.05) is 0 Å². The molecule has 0 spiro atoms. The predicted octanol–water partition coefficient (Wildman–Crippen LogP) is 2.61. The molecule has 1 aliphatic carbocycles. The molecule has 1 saturated carbocycles. The highest BCUT2D eigenvalue weighted by Gasteiger charge is 2.37. The number of rotatable bonds is 4. The first-order valence-corrected chi connectivity index (χ1v) is 9.60. The number of sulfone groups is 1. The summed E-state index contributed by atoms with van der Waals surface area (Å²) in [5.41, 5.74) is 6.59. The molecule has 1 aromatic rings. The zero-order chi connectivity index (χ0) is 17.3. The largest absolute Gasteiger partial charge is 0.324 e. The van der Waals surface area contributed by atoms with E-state index in [0.717, 1.165) is 12.8 Å². The second-order valence-electron chi connectivity index (χ2n) is 7.39. The van der Waals surface area contributed by atoms with Gasteiger partial charge in [0.05, 0.1) is 16.0 Å². The molecule has 0 bridgehead atoms. The van der Waals surface area contributed by atoms with Crippen LogP contribution in [-0.4, -0.2) is 24.6 Å². The van der Waals surface area contributed by atoms with Crippen molar-refractivity contribution in [3.63, 3.8) is 0 Å². The van der Waals surface area contributed by atoms with Gasteiger partial charge in [0.15, 0.2) is 9.84 Å². The van der Waals surface area contributed by atoms with Crippen LogP contribution in [0.25, 0.3) is 0 Å². The minimum atomic E-state index is -3.26. The molecule has 23 heavy (non-hydrogen) atoms. The number of anilines is 1. The van der Waals surface area contributed by atoms with Gasteiger partial charge in [-0.3, -0.25) is 4.79 Å². The van der Waals surface area contributed by atoms with E-state index >= 15 is 0 Å². The predicted molar refractivity (Wildman–Crippen MR) is 92.8 cm³/mol. The first-order valence-electron chi connectivity index (χ1n) is 7.95. The average Bonchev–Trinajstić information content (AvgIpc) is 2.85. The van der Waals surface area contributed by atoms with Gasteiger partial charge >= 0.3 is 0 Å². The lowest BCUT2D eigenvalue weighted by Gasteiger charge is -2.22. The Balaban J connectivity index is 2.13. The number of amides is 1. The maximum atomic E-state index is 12.3. The Morgan fingerprint density at radius 3 is 2.43 bits per heavy atom. The first-order chi connectivity index (χ1) is 10.5. The summed E-state index contributed by atoms with van der Waals surface area (Å²) in [6, 6.07) is 6.97. The Hall–Kier alpha value is -1.40. The smallest absolute Gasteiger partial charge is 0.244 e. The average molecular weight is 338 g/mol. The molecule has 0 atom stereocenters. The number of carbonyl (C=O) groups is 1. The number of carbonyl (C=O) groups excluding carboxylic acids is 1. The van der Waals surface area contributed by atoms with Crippen LogP contribution in [0.5, 0.6) is 0 Å². The van der Waals surface area contributed by atoms with Crippen molar-refractivity contribution in [3.8, 4) is 0 Å². The van der Waals surface area contributed by atoms with Crippen molar-refractivity contribution >= 4 is 21.4 Å². The molecular formula is C17H26N2O3S. The molecule has 1 fully saturated rings. The zero-order valence-corrected chi connectivity index (χ0v) is 14.9. The second kappa shape index (κ2) is 6.24. The van der Waals surface area contributed by atoms with Crippen molar-refractivity contribution < 1.29 is 13.2 Å². The summed E-state index contributed by atoms with van der Waals surface area (Å²) in [4.78, 5) is 12.3. The molecule has 0 heterocycles. The van der Waals surface area contributed by atoms with E-state index in [1.165, 1.54) is 0 Å². The maximum Gasteiger partial charge on any atom is 0.244 e. The van der Waals surface area contributed by atoms with Crippen molar-refractivity contribution in [2.75, 3.05) is 5.32 Å². The summed E-state index contributed by atoms with van der Waals surface area (Å²) in [5, 5.41) is 2.83. The summed E-state index contributed by atoms with van der Waals surface area (Å²) in [7, 11) is -3.26. The molecule has 0 aromatic heterocycles. The van der Waals surface area contributed by atoms with Crippen LogP contribution in [0.4, 0.5) is 5.69 Å². The first kappa shape index (κ1) is 17.9. The van der Waals surface area contributed by atoms with E-state index in [1.54, 1.807) is 45.0 Å². The van der Waals surface area contributed by atoms with Crippen molar-refractivity contribution in [1.82, 2.24) is 0 Å². The van der Waals surface area contributed by atoms with Crippen molar-refractivity contribution in [2.24, 2.45) is 5.73 Å². The molecule has 0 unspecified atom stereocenters. The number of nitrogens with two attached hydrogens (primary N) is 1. The Bertz CT molecular complexity index is 684. The van der Waals surface area contributed by atoms with Gasteiger partial charge in [-0.2, -0.15) is 0 Å². The van der Waals surface area contributed by atoms with E-state index in [4.69, 9.17) is 5.73 Å². The normalized spacial score (nSPS) is 17.9. The third-order valence-corrected chi connectivity index (χ3v) is 7.00. The third-order valence-electron chi connectivity index (χ3n) is 4.42. The molecule has 1 aromatic carbocycles. The molecule has 5 nitrogen and oxygen atoms in total. The monoisotopic (exact) mass is 338 g/mol. The highest BCUT2D eigenvalue weighted by atomic mass is 32.2. The minimum absolute atomic E-state index is 0.0476. The molecule has 0 radical (unpaired) electrons. The second-order valence-corrected chi connectivity index (χ2v) is 10.1. The maximum absolute atomic E-state index is 12.3. The lowest BCUT2D eigenvalue weighted by molar-refractivity contribution is -0.121. The van der Waals surface area contributed by atoms with Gasteiger partial charge in [0.2, 0.25) is 5.91 Å². The number of benzene rings is 1. The molecule has 0 aliphatic heterocycles. The van der Waals surface area contributed by atoms with Gasteiger partial charge in [0.1, 0.15) is 0 Å². The highest BCUT2D eigenvalue weighted by Crippen LogP contribution is 2.29. The summed E-state index contributed by atoms with van der Waals surface area (Å²) in [6.07, 6.45) is 3.31. The van der Waals surface area contributed by atoms with Gasteiger partial charge in [0.25, 0.3) is 0 Å². The van der Waals surface area contributed by atoms with E-state index in [-0.39, 0.29) is 11.7 Å². The van der Waals surface area contributed by atoms with E-state index in [2.05, 4.69) is 5.32 Å². The molecule has 1 aliphatic rings. The van der Waals surface area contributed by atoms with E-state index in [0.29, 0.717) is 24.1 Å². The van der Waals surface area contributed by atoms with Crippen LogP contribution in [0.2, 0.25) is 0 Å². The molecule has 3 N–H and O–H groups in total. The highest BCUT2D eigenvalue weighted by molar-refractivity contribution is 7.91. The minimum Gasteiger partial charge on any atom is -0.324 e. The van der Waals surface area contributed by atoms with E-state index in [9.17, 15) is 13.2 Å². The van der Waals surface area contributed by atoms with Gasteiger partial charge in [-0.25, -0.2) is 8.42 Å². The van der Waals surface area contributed by atoms with Gasteiger partial charge < -0.3 is 11.1 Å². The number of nitrogens with one attached hydrogen (secondary N) is 1. The fourth-order valence-corrected chi connectivity index (χ4v) is 3.71. The Kier molecular flexibility index (Phi) is 4.87. The molecule has 2 rings (SSSR count). The Morgan fingerprint density at radius 1 is 1.26 bits per heavy atom. The Morgan fingerprint density at radius 2 is 1.87 bits per heavy atom. The fraction of sp³-hybridized carbons (Fsp3) is 0.588. The quantitative estimate of drug-likeness (QED) is 0.883. The van der Waals surface area contributed by atoms with Gasteiger partial charge in [-0.1, -0.05) is 25.0 Å². The van der Waals surface area contributed by atoms with Gasteiger partial charge in [-0.05, 0) is 51.3 Å². The van der Waals surface area contributed by atoms with Crippen LogP contribution < -0.4 is 11.1 Å². The molecular weight excluding hydrogens is 312 g/mol. The van der Waals surface area contributed by atoms with Gasteiger partial charge in [-0.15, -0.1) is 0 Å². The summed E-state index contributed by atoms with van der Waals surface area (Å²) in [5.74, 6) is -0.237. The SMILES string of the molecule is CC(C)(C)S(=O)(=O)Cc1cccc(NC(=O)C2(N)CCCC2)c1. The van der Waals surface area contributed by atoms with E-state index < -0.39 is 20.1 Å². The van der Waals surface area contributed by atoms with Crippen LogP contribution in [0.3, 0.4) is 0 Å². The lowest BCUT2D eigenvalue weighted by atomic mass is 9.98.